The van der Waals surface area contributed by atoms with Gasteiger partial charge < -0.3 is 19.8 Å². The second-order valence-corrected chi connectivity index (χ2v) is 9.24. The van der Waals surface area contributed by atoms with Crippen LogP contribution < -0.4 is 4.90 Å². The molecule has 0 radical (unpaired) electrons. The van der Waals surface area contributed by atoms with Gasteiger partial charge in [0.1, 0.15) is 5.82 Å². The third kappa shape index (κ3) is 4.15. The Morgan fingerprint density at radius 3 is 2.39 bits per heavy atom. The number of halogens is 2. The van der Waals surface area contributed by atoms with E-state index in [0.29, 0.717) is 12.2 Å². The van der Waals surface area contributed by atoms with Crippen LogP contribution in [0.2, 0.25) is 0 Å². The van der Waals surface area contributed by atoms with Gasteiger partial charge in [-0.25, -0.2) is 9.18 Å². The fourth-order valence-corrected chi connectivity index (χ4v) is 5.31. The highest BCUT2D eigenvalue weighted by Gasteiger charge is 2.37. The first-order valence-electron chi connectivity index (χ1n) is 10.5. The van der Waals surface area contributed by atoms with Crippen molar-refractivity contribution in [1.82, 2.24) is 9.80 Å². The Bertz CT molecular complexity index is 711. The number of aliphatic hydroxyl groups excluding tert-OH is 1. The summed E-state index contributed by atoms with van der Waals surface area (Å²) in [6.07, 6.45) is 6.05. The van der Waals surface area contributed by atoms with E-state index in [0.717, 1.165) is 69.1 Å². The highest BCUT2D eigenvalue weighted by atomic mass is 79.9. The van der Waals surface area contributed by atoms with E-state index < -0.39 is 0 Å². The SMILES string of the molecule is O=C1N([C@H]2CCCN(c3ccc(Br)cc3F)C2)CCCN1[C@H]1CC[C@@H](O)CC1. The second-order valence-electron chi connectivity index (χ2n) is 8.32. The summed E-state index contributed by atoms with van der Waals surface area (Å²) in [4.78, 5) is 19.4. The Labute approximate surface area is 174 Å². The van der Waals surface area contributed by atoms with Crippen molar-refractivity contribution in [3.63, 3.8) is 0 Å². The lowest BCUT2D eigenvalue weighted by atomic mass is 9.91. The van der Waals surface area contributed by atoms with E-state index in [-0.39, 0.29) is 30.0 Å². The number of piperidine rings is 1. The molecule has 7 heteroatoms. The highest BCUT2D eigenvalue weighted by Crippen LogP contribution is 2.30. The van der Waals surface area contributed by atoms with Gasteiger partial charge in [-0.2, -0.15) is 0 Å². The summed E-state index contributed by atoms with van der Waals surface area (Å²) in [6.45, 7) is 3.10. The standard InChI is InChI=1S/C21H29BrFN3O2/c22-15-4-9-20(19(23)13-15)24-10-1-3-17(14-24)26-12-2-11-25(21(26)28)16-5-7-18(27)8-6-16/h4,9,13,16-18,27H,1-3,5-8,10-12,14H2/t16-,17-,18+/m0/s1. The molecule has 0 aromatic heterocycles. The number of anilines is 1. The number of hydrogen-bond acceptors (Lipinski definition) is 3. The van der Waals surface area contributed by atoms with Crippen molar-refractivity contribution < 1.29 is 14.3 Å². The molecule has 2 aliphatic heterocycles. The van der Waals surface area contributed by atoms with Crippen molar-refractivity contribution in [2.24, 2.45) is 0 Å². The zero-order valence-electron chi connectivity index (χ0n) is 16.2. The molecule has 0 unspecified atom stereocenters. The van der Waals surface area contributed by atoms with Gasteiger partial charge in [-0.1, -0.05) is 15.9 Å². The van der Waals surface area contributed by atoms with Crippen LogP contribution in [0.3, 0.4) is 0 Å². The van der Waals surface area contributed by atoms with Crippen molar-refractivity contribution >= 4 is 27.6 Å². The van der Waals surface area contributed by atoms with E-state index >= 15 is 0 Å². The number of urea groups is 1. The molecule has 154 valence electrons. The van der Waals surface area contributed by atoms with Crippen LogP contribution in [-0.4, -0.2) is 65.3 Å². The Balaban J connectivity index is 1.44. The molecule has 1 N–H and O–H groups in total. The minimum Gasteiger partial charge on any atom is -0.393 e. The van der Waals surface area contributed by atoms with E-state index in [9.17, 15) is 14.3 Å². The van der Waals surface area contributed by atoms with Crippen LogP contribution >= 0.6 is 15.9 Å². The molecule has 3 fully saturated rings. The number of amides is 2. The van der Waals surface area contributed by atoms with Crippen LogP contribution in [0.25, 0.3) is 0 Å². The van der Waals surface area contributed by atoms with Gasteiger partial charge in [0.15, 0.2) is 0 Å². The number of benzene rings is 1. The summed E-state index contributed by atoms with van der Waals surface area (Å²) in [5.41, 5.74) is 0.621. The Kier molecular flexibility index (Phi) is 6.11. The van der Waals surface area contributed by atoms with Crippen LogP contribution in [0.5, 0.6) is 0 Å². The molecule has 1 aliphatic carbocycles. The third-order valence-electron chi connectivity index (χ3n) is 6.48. The number of carbonyl (C=O) groups excluding carboxylic acids is 1. The van der Waals surface area contributed by atoms with Gasteiger partial charge in [-0.15, -0.1) is 0 Å². The average molecular weight is 454 g/mol. The summed E-state index contributed by atoms with van der Waals surface area (Å²) in [5.74, 6) is -0.220. The highest BCUT2D eigenvalue weighted by molar-refractivity contribution is 9.10. The second kappa shape index (κ2) is 8.57. The molecule has 5 nitrogen and oxygen atoms in total. The molecular weight excluding hydrogens is 425 g/mol. The molecule has 4 rings (SSSR count). The molecule has 1 atom stereocenters. The van der Waals surface area contributed by atoms with Crippen molar-refractivity contribution in [3.05, 3.63) is 28.5 Å². The molecule has 3 aliphatic rings. The number of carbonyl (C=O) groups is 1. The van der Waals surface area contributed by atoms with E-state index in [1.54, 1.807) is 0 Å². The molecule has 2 saturated heterocycles. The van der Waals surface area contributed by atoms with E-state index in [1.165, 1.54) is 6.07 Å². The number of hydrogen-bond donors (Lipinski definition) is 1. The largest absolute Gasteiger partial charge is 0.393 e. The predicted octanol–water partition coefficient (Wildman–Crippen LogP) is 3.99. The zero-order chi connectivity index (χ0) is 19.7. The molecule has 2 heterocycles. The van der Waals surface area contributed by atoms with Crippen LogP contribution in [0.1, 0.15) is 44.9 Å². The molecule has 1 aromatic rings. The first-order chi connectivity index (χ1) is 13.5. The maximum atomic E-state index is 14.4. The fourth-order valence-electron chi connectivity index (χ4n) is 4.98. The summed E-state index contributed by atoms with van der Waals surface area (Å²) in [6, 6.07) is 5.70. The molecule has 1 aromatic carbocycles. The molecule has 0 spiro atoms. The lowest BCUT2D eigenvalue weighted by molar-refractivity contribution is 0.0505. The fraction of sp³-hybridized carbons (Fsp3) is 0.667. The van der Waals surface area contributed by atoms with Gasteiger partial charge in [-0.3, -0.25) is 0 Å². The molecule has 28 heavy (non-hydrogen) atoms. The Morgan fingerprint density at radius 2 is 1.68 bits per heavy atom. The minimum atomic E-state index is -0.220. The summed E-state index contributed by atoms with van der Waals surface area (Å²) in [5, 5.41) is 9.77. The lowest BCUT2D eigenvalue weighted by Crippen LogP contribution is -2.59. The van der Waals surface area contributed by atoms with Gasteiger partial charge in [-0.05, 0) is 63.1 Å². The van der Waals surface area contributed by atoms with Gasteiger partial charge in [0, 0.05) is 36.7 Å². The Morgan fingerprint density at radius 1 is 0.964 bits per heavy atom. The summed E-state index contributed by atoms with van der Waals surface area (Å²) in [7, 11) is 0. The van der Waals surface area contributed by atoms with Crippen LogP contribution in [-0.2, 0) is 0 Å². The van der Waals surface area contributed by atoms with Gasteiger partial charge in [0.2, 0.25) is 0 Å². The first kappa shape index (κ1) is 20.0. The van der Waals surface area contributed by atoms with E-state index in [2.05, 4.69) is 20.8 Å². The van der Waals surface area contributed by atoms with Crippen molar-refractivity contribution in [2.45, 2.75) is 63.1 Å². The first-order valence-corrected chi connectivity index (χ1v) is 11.3. The third-order valence-corrected chi connectivity index (χ3v) is 6.98. The van der Waals surface area contributed by atoms with Gasteiger partial charge in [0.05, 0.1) is 17.8 Å². The quantitative estimate of drug-likeness (QED) is 0.752. The smallest absolute Gasteiger partial charge is 0.320 e. The van der Waals surface area contributed by atoms with E-state index in [4.69, 9.17) is 0 Å². The lowest BCUT2D eigenvalue weighted by Gasteiger charge is -2.47. The van der Waals surface area contributed by atoms with Crippen LogP contribution in [0.4, 0.5) is 14.9 Å². The maximum absolute atomic E-state index is 14.4. The topological polar surface area (TPSA) is 47.0 Å². The number of nitrogens with zero attached hydrogens (tertiary/aromatic N) is 3. The normalized spacial score (nSPS) is 29.3. The minimum absolute atomic E-state index is 0.126. The van der Waals surface area contributed by atoms with Crippen molar-refractivity contribution in [2.75, 3.05) is 31.1 Å². The summed E-state index contributed by atoms with van der Waals surface area (Å²) < 4.78 is 15.2. The molecule has 0 bridgehead atoms. The molecule has 1 saturated carbocycles. The summed E-state index contributed by atoms with van der Waals surface area (Å²) >= 11 is 3.32. The monoisotopic (exact) mass is 453 g/mol. The molecular formula is C21H29BrFN3O2. The van der Waals surface area contributed by atoms with Crippen LogP contribution in [0.15, 0.2) is 22.7 Å². The average Bonchev–Trinajstić information content (AvgIpc) is 2.69. The van der Waals surface area contributed by atoms with Crippen molar-refractivity contribution in [3.8, 4) is 0 Å². The molecule has 2 amide bonds. The van der Waals surface area contributed by atoms with Gasteiger partial charge >= 0.3 is 6.03 Å². The number of aliphatic hydroxyl groups is 1. The Hall–Kier alpha value is -1.34. The predicted molar refractivity (Wildman–Crippen MR) is 111 cm³/mol. The van der Waals surface area contributed by atoms with Gasteiger partial charge in [0.25, 0.3) is 0 Å². The van der Waals surface area contributed by atoms with Crippen molar-refractivity contribution in [1.29, 1.82) is 0 Å². The number of rotatable bonds is 3. The van der Waals surface area contributed by atoms with E-state index in [1.807, 2.05) is 21.9 Å². The zero-order valence-corrected chi connectivity index (χ0v) is 17.8. The van der Waals surface area contributed by atoms with Crippen LogP contribution in [0, 0.1) is 5.82 Å². The maximum Gasteiger partial charge on any atom is 0.320 e.